The summed E-state index contributed by atoms with van der Waals surface area (Å²) >= 11 is 9.73. The van der Waals surface area contributed by atoms with Crippen LogP contribution in [0.25, 0.3) is 10.1 Å². The number of nitrogens with zero attached hydrogens (tertiary/aromatic N) is 1. The van der Waals surface area contributed by atoms with E-state index in [0.717, 1.165) is 18.7 Å². The summed E-state index contributed by atoms with van der Waals surface area (Å²) in [6.45, 7) is 0. The Labute approximate surface area is 98.1 Å². The Balaban J connectivity index is 2.98. The van der Waals surface area contributed by atoms with Crippen LogP contribution in [-0.4, -0.2) is 0 Å². The smallest absolute Gasteiger partial charge is 0.101 e. The standard InChI is InChI=1S/C9H3ClINS/c10-6-1-2-7(11)8-5(3-12)4-13-9(6)8/h1-2,4H. The lowest BCUT2D eigenvalue weighted by Gasteiger charge is -1.96. The minimum absolute atomic E-state index is 0.715. The van der Waals surface area contributed by atoms with E-state index in [-0.39, 0.29) is 0 Å². The van der Waals surface area contributed by atoms with Crippen molar-refractivity contribution in [3.63, 3.8) is 0 Å². The fraction of sp³-hybridized carbons (Fsp3) is 0. The number of halogens is 2. The third-order valence-corrected chi connectivity index (χ3v) is 4.08. The van der Waals surface area contributed by atoms with E-state index >= 15 is 0 Å². The van der Waals surface area contributed by atoms with Crippen LogP contribution in [0.5, 0.6) is 0 Å². The Hall–Kier alpha value is -0.310. The normalized spacial score (nSPS) is 10.2. The maximum atomic E-state index is 8.85. The van der Waals surface area contributed by atoms with Crippen LogP contribution in [-0.2, 0) is 0 Å². The molecule has 64 valence electrons. The number of rotatable bonds is 0. The van der Waals surface area contributed by atoms with Crippen LogP contribution in [0.3, 0.4) is 0 Å². The van der Waals surface area contributed by atoms with Gasteiger partial charge < -0.3 is 0 Å². The number of nitriles is 1. The SMILES string of the molecule is N#Cc1csc2c(Cl)ccc(I)c12. The van der Waals surface area contributed by atoms with Gasteiger partial charge in [-0.1, -0.05) is 11.6 Å². The minimum Gasteiger partial charge on any atom is -0.192 e. The molecule has 0 bridgehead atoms. The minimum atomic E-state index is 0.715. The molecule has 1 aromatic heterocycles. The van der Waals surface area contributed by atoms with E-state index in [4.69, 9.17) is 16.9 Å². The van der Waals surface area contributed by atoms with Crippen molar-refractivity contribution < 1.29 is 0 Å². The average Bonchev–Trinajstić information content (AvgIpc) is 2.56. The van der Waals surface area contributed by atoms with Gasteiger partial charge in [-0.3, -0.25) is 0 Å². The molecule has 1 aromatic carbocycles. The van der Waals surface area contributed by atoms with E-state index < -0.39 is 0 Å². The summed E-state index contributed by atoms with van der Waals surface area (Å²) in [5.74, 6) is 0. The van der Waals surface area contributed by atoms with E-state index in [9.17, 15) is 0 Å². The van der Waals surface area contributed by atoms with Crippen LogP contribution in [0.2, 0.25) is 5.02 Å². The summed E-state index contributed by atoms with van der Waals surface area (Å²) in [7, 11) is 0. The number of fused-ring (bicyclic) bond motifs is 1. The zero-order chi connectivity index (χ0) is 9.42. The van der Waals surface area contributed by atoms with Gasteiger partial charge in [0.05, 0.1) is 15.3 Å². The number of thiophene rings is 1. The van der Waals surface area contributed by atoms with E-state index in [1.807, 2.05) is 17.5 Å². The lowest BCUT2D eigenvalue weighted by atomic mass is 10.2. The maximum absolute atomic E-state index is 8.85. The van der Waals surface area contributed by atoms with Gasteiger partial charge in [-0.25, -0.2) is 0 Å². The maximum Gasteiger partial charge on any atom is 0.101 e. The molecule has 0 radical (unpaired) electrons. The molecule has 0 aliphatic carbocycles. The summed E-state index contributed by atoms with van der Waals surface area (Å²) < 4.78 is 2.08. The topological polar surface area (TPSA) is 23.8 Å². The first-order valence-electron chi connectivity index (χ1n) is 3.49. The van der Waals surface area contributed by atoms with Gasteiger partial charge in [-0.05, 0) is 34.7 Å². The summed E-state index contributed by atoms with van der Waals surface area (Å²) in [6, 6.07) is 5.96. The van der Waals surface area contributed by atoms with Gasteiger partial charge in [0.15, 0.2) is 0 Å². The molecule has 0 fully saturated rings. The van der Waals surface area contributed by atoms with Gasteiger partial charge in [0, 0.05) is 14.3 Å². The molecule has 1 nitrogen and oxygen atoms in total. The molecule has 1 heterocycles. The predicted octanol–water partition coefficient (Wildman–Crippen LogP) is 4.03. The highest BCUT2D eigenvalue weighted by atomic mass is 127. The first kappa shape index (κ1) is 9.25. The summed E-state index contributed by atoms with van der Waals surface area (Å²) in [6.07, 6.45) is 0. The predicted molar refractivity (Wildman–Crippen MR) is 64.3 cm³/mol. The molecule has 0 spiro atoms. The molecule has 0 N–H and O–H groups in total. The van der Waals surface area contributed by atoms with Crippen molar-refractivity contribution in [1.29, 1.82) is 5.26 Å². The van der Waals surface area contributed by atoms with Gasteiger partial charge in [-0.2, -0.15) is 5.26 Å². The molecular formula is C9H3ClINS. The second-order valence-corrected chi connectivity index (χ2v) is 4.94. The van der Waals surface area contributed by atoms with Crippen molar-refractivity contribution in [2.24, 2.45) is 0 Å². The van der Waals surface area contributed by atoms with Crippen molar-refractivity contribution in [3.05, 3.63) is 31.7 Å². The molecule has 0 atom stereocenters. The second kappa shape index (κ2) is 3.45. The van der Waals surface area contributed by atoms with E-state index in [1.54, 1.807) is 0 Å². The van der Waals surface area contributed by atoms with Crippen molar-refractivity contribution in [1.82, 2.24) is 0 Å². The summed E-state index contributed by atoms with van der Waals surface area (Å²) in [5, 5.41) is 12.4. The third-order valence-electron chi connectivity index (χ3n) is 1.74. The lowest BCUT2D eigenvalue weighted by molar-refractivity contribution is 1.51. The summed E-state index contributed by atoms with van der Waals surface area (Å²) in [5.41, 5.74) is 0.715. The van der Waals surface area contributed by atoms with E-state index in [2.05, 4.69) is 28.7 Å². The Kier molecular flexibility index (Phi) is 2.45. The number of hydrogen-bond acceptors (Lipinski definition) is 2. The monoisotopic (exact) mass is 319 g/mol. The van der Waals surface area contributed by atoms with E-state index in [1.165, 1.54) is 11.3 Å². The number of hydrogen-bond donors (Lipinski definition) is 0. The van der Waals surface area contributed by atoms with Gasteiger partial charge in [0.25, 0.3) is 0 Å². The van der Waals surface area contributed by atoms with Crippen molar-refractivity contribution in [2.75, 3.05) is 0 Å². The molecule has 0 saturated heterocycles. The first-order chi connectivity index (χ1) is 6.24. The van der Waals surface area contributed by atoms with Crippen molar-refractivity contribution in [2.45, 2.75) is 0 Å². The first-order valence-corrected chi connectivity index (χ1v) is 5.83. The van der Waals surface area contributed by atoms with Crippen LogP contribution in [0.15, 0.2) is 17.5 Å². The summed E-state index contributed by atoms with van der Waals surface area (Å²) in [4.78, 5) is 0. The van der Waals surface area contributed by atoms with Gasteiger partial charge in [-0.15, -0.1) is 11.3 Å². The molecule has 0 amide bonds. The molecule has 0 aliphatic rings. The Morgan fingerprint density at radius 3 is 2.92 bits per heavy atom. The quantitative estimate of drug-likeness (QED) is 0.673. The van der Waals surface area contributed by atoms with Crippen LogP contribution in [0, 0.1) is 14.9 Å². The highest BCUT2D eigenvalue weighted by molar-refractivity contribution is 14.1. The Morgan fingerprint density at radius 1 is 1.46 bits per heavy atom. The molecule has 4 heteroatoms. The lowest BCUT2D eigenvalue weighted by Crippen LogP contribution is -1.76. The number of benzene rings is 1. The molecule has 0 unspecified atom stereocenters. The zero-order valence-corrected chi connectivity index (χ0v) is 10.1. The zero-order valence-electron chi connectivity index (χ0n) is 6.34. The molecule has 13 heavy (non-hydrogen) atoms. The van der Waals surface area contributed by atoms with Crippen LogP contribution < -0.4 is 0 Å². The Morgan fingerprint density at radius 2 is 2.23 bits per heavy atom. The van der Waals surface area contributed by atoms with Gasteiger partial charge in [0.2, 0.25) is 0 Å². The molecule has 0 saturated carbocycles. The molecular weight excluding hydrogens is 317 g/mol. The van der Waals surface area contributed by atoms with E-state index in [0.29, 0.717) is 5.56 Å². The van der Waals surface area contributed by atoms with Crippen LogP contribution in [0.4, 0.5) is 0 Å². The van der Waals surface area contributed by atoms with Crippen LogP contribution >= 0.6 is 45.5 Å². The highest BCUT2D eigenvalue weighted by Gasteiger charge is 2.09. The highest BCUT2D eigenvalue weighted by Crippen LogP contribution is 2.34. The average molecular weight is 320 g/mol. The second-order valence-electron chi connectivity index (χ2n) is 2.49. The fourth-order valence-corrected chi connectivity index (χ4v) is 3.30. The van der Waals surface area contributed by atoms with Crippen molar-refractivity contribution >= 4 is 55.6 Å². The third kappa shape index (κ3) is 1.43. The van der Waals surface area contributed by atoms with Gasteiger partial charge in [0.1, 0.15) is 6.07 Å². The fourth-order valence-electron chi connectivity index (χ4n) is 1.16. The largest absolute Gasteiger partial charge is 0.192 e. The van der Waals surface area contributed by atoms with Crippen LogP contribution in [0.1, 0.15) is 5.56 Å². The molecule has 2 aromatic rings. The molecule has 0 aliphatic heterocycles. The van der Waals surface area contributed by atoms with Gasteiger partial charge >= 0.3 is 0 Å². The van der Waals surface area contributed by atoms with Crippen molar-refractivity contribution in [3.8, 4) is 6.07 Å². The molecule has 2 rings (SSSR count). The Bertz CT molecular complexity index is 512.